The molecule has 3 aromatic rings. The van der Waals surface area contributed by atoms with E-state index in [-0.39, 0.29) is 25.2 Å². The van der Waals surface area contributed by atoms with Crippen LogP contribution < -0.4 is 4.90 Å². The van der Waals surface area contributed by atoms with Gasteiger partial charge in [-0.2, -0.15) is 0 Å². The van der Waals surface area contributed by atoms with E-state index in [4.69, 9.17) is 9.84 Å². The lowest BCUT2D eigenvalue weighted by Gasteiger charge is -2.37. The summed E-state index contributed by atoms with van der Waals surface area (Å²) in [6, 6.07) is 24.0. The number of benzene rings is 3. The standard InChI is InChI=1S/C24H21NO4S/c26-14-17-10-12-19(13-11-17)24(28)29-15-23(27)25-20-8-4-5-9-22(20)30-16-21(25)18-6-2-1-3-7-18/h1-13,21,26H,14-16H2/t21-/m0/s1. The van der Waals surface area contributed by atoms with Gasteiger partial charge in [-0.3, -0.25) is 9.69 Å². The Labute approximate surface area is 179 Å². The maximum absolute atomic E-state index is 13.2. The van der Waals surface area contributed by atoms with Crippen molar-refractivity contribution < 1.29 is 19.4 Å². The van der Waals surface area contributed by atoms with Gasteiger partial charge in [-0.05, 0) is 35.4 Å². The Morgan fingerprint density at radius 1 is 0.967 bits per heavy atom. The Bertz CT molecular complexity index is 1040. The van der Waals surface area contributed by atoms with E-state index >= 15 is 0 Å². The van der Waals surface area contributed by atoms with E-state index in [2.05, 4.69) is 0 Å². The molecule has 0 bridgehead atoms. The molecule has 0 saturated carbocycles. The van der Waals surface area contributed by atoms with Gasteiger partial charge in [0.05, 0.1) is 23.9 Å². The summed E-state index contributed by atoms with van der Waals surface area (Å²) in [5.74, 6) is -0.107. The van der Waals surface area contributed by atoms with Gasteiger partial charge in [-0.15, -0.1) is 11.8 Å². The third-order valence-electron chi connectivity index (χ3n) is 4.99. The van der Waals surface area contributed by atoms with Crippen molar-refractivity contribution in [3.63, 3.8) is 0 Å². The van der Waals surface area contributed by atoms with E-state index in [1.54, 1.807) is 40.9 Å². The first kappa shape index (κ1) is 20.2. The number of amides is 1. The Morgan fingerprint density at radius 3 is 2.40 bits per heavy atom. The SMILES string of the molecule is O=C(OCC(=O)N1c2ccccc2SC[C@H]1c1ccccc1)c1ccc(CO)cc1. The Hall–Kier alpha value is -3.09. The van der Waals surface area contributed by atoms with Gasteiger partial charge in [0.25, 0.3) is 5.91 Å². The molecular formula is C24H21NO4S. The van der Waals surface area contributed by atoms with Crippen LogP contribution in [0.25, 0.3) is 0 Å². The first-order valence-electron chi connectivity index (χ1n) is 9.63. The average Bonchev–Trinajstić information content (AvgIpc) is 2.82. The number of aliphatic hydroxyl groups is 1. The molecule has 1 aliphatic rings. The lowest BCUT2D eigenvalue weighted by atomic mass is 10.1. The van der Waals surface area contributed by atoms with Crippen molar-refractivity contribution in [2.75, 3.05) is 17.3 Å². The summed E-state index contributed by atoms with van der Waals surface area (Å²) in [4.78, 5) is 28.3. The van der Waals surface area contributed by atoms with Gasteiger partial charge >= 0.3 is 5.97 Å². The number of hydrogen-bond acceptors (Lipinski definition) is 5. The second-order valence-corrected chi connectivity index (χ2v) is 7.96. The van der Waals surface area contributed by atoms with E-state index in [0.29, 0.717) is 11.1 Å². The van der Waals surface area contributed by atoms with Crippen LogP contribution in [0.2, 0.25) is 0 Å². The third kappa shape index (κ3) is 4.25. The van der Waals surface area contributed by atoms with E-state index in [0.717, 1.165) is 21.9 Å². The molecule has 1 aliphatic heterocycles. The number of anilines is 1. The molecule has 0 unspecified atom stereocenters. The average molecular weight is 420 g/mol. The molecule has 1 amide bonds. The van der Waals surface area contributed by atoms with Crippen molar-refractivity contribution in [3.8, 4) is 0 Å². The van der Waals surface area contributed by atoms with Crippen molar-refractivity contribution in [1.29, 1.82) is 0 Å². The van der Waals surface area contributed by atoms with Crippen LogP contribution in [0, 0.1) is 0 Å². The Morgan fingerprint density at radius 2 is 1.67 bits per heavy atom. The fourth-order valence-corrected chi connectivity index (χ4v) is 4.61. The highest BCUT2D eigenvalue weighted by atomic mass is 32.2. The molecule has 3 aromatic carbocycles. The maximum atomic E-state index is 13.2. The number of nitrogens with zero attached hydrogens (tertiary/aromatic N) is 1. The molecular weight excluding hydrogens is 398 g/mol. The Balaban J connectivity index is 1.54. The number of esters is 1. The topological polar surface area (TPSA) is 66.8 Å². The molecule has 1 N–H and O–H groups in total. The van der Waals surface area contributed by atoms with Gasteiger partial charge in [0.15, 0.2) is 6.61 Å². The fourth-order valence-electron chi connectivity index (χ4n) is 3.44. The van der Waals surface area contributed by atoms with E-state index in [1.165, 1.54) is 0 Å². The molecule has 5 nitrogen and oxygen atoms in total. The molecule has 0 spiro atoms. The molecule has 0 radical (unpaired) electrons. The second kappa shape index (κ2) is 9.15. The smallest absolute Gasteiger partial charge is 0.338 e. The summed E-state index contributed by atoms with van der Waals surface area (Å²) in [5, 5.41) is 9.12. The van der Waals surface area contributed by atoms with Gasteiger partial charge in [-0.1, -0.05) is 54.6 Å². The molecule has 6 heteroatoms. The van der Waals surface area contributed by atoms with Crippen molar-refractivity contribution in [2.45, 2.75) is 17.5 Å². The van der Waals surface area contributed by atoms with Gasteiger partial charge in [0.1, 0.15) is 0 Å². The van der Waals surface area contributed by atoms with Crippen LogP contribution in [0.4, 0.5) is 5.69 Å². The first-order valence-corrected chi connectivity index (χ1v) is 10.6. The van der Waals surface area contributed by atoms with E-state index in [1.807, 2.05) is 54.6 Å². The number of para-hydroxylation sites is 1. The largest absolute Gasteiger partial charge is 0.452 e. The predicted molar refractivity (Wildman–Crippen MR) is 116 cm³/mol. The second-order valence-electron chi connectivity index (χ2n) is 6.90. The zero-order valence-corrected chi connectivity index (χ0v) is 17.0. The molecule has 0 saturated heterocycles. The summed E-state index contributed by atoms with van der Waals surface area (Å²) < 4.78 is 5.32. The van der Waals surface area contributed by atoms with Crippen LogP contribution >= 0.6 is 11.8 Å². The van der Waals surface area contributed by atoms with Crippen LogP contribution in [-0.2, 0) is 16.1 Å². The van der Waals surface area contributed by atoms with Crippen molar-refractivity contribution in [1.82, 2.24) is 0 Å². The molecule has 1 heterocycles. The minimum Gasteiger partial charge on any atom is -0.452 e. The number of carbonyl (C=O) groups is 2. The highest BCUT2D eigenvalue weighted by molar-refractivity contribution is 7.99. The molecule has 4 rings (SSSR count). The van der Waals surface area contributed by atoms with Crippen molar-refractivity contribution >= 4 is 29.3 Å². The van der Waals surface area contributed by atoms with Gasteiger partial charge < -0.3 is 9.84 Å². The maximum Gasteiger partial charge on any atom is 0.338 e. The number of carbonyl (C=O) groups excluding carboxylic acids is 2. The lowest BCUT2D eigenvalue weighted by molar-refractivity contribution is -0.122. The van der Waals surface area contributed by atoms with Crippen LogP contribution in [-0.4, -0.2) is 29.3 Å². The van der Waals surface area contributed by atoms with Crippen LogP contribution in [0.3, 0.4) is 0 Å². The summed E-state index contributed by atoms with van der Waals surface area (Å²) in [7, 11) is 0. The number of fused-ring (bicyclic) bond motifs is 1. The van der Waals surface area contributed by atoms with Gasteiger partial charge in [-0.25, -0.2) is 4.79 Å². The van der Waals surface area contributed by atoms with Crippen molar-refractivity contribution in [2.24, 2.45) is 0 Å². The first-order chi connectivity index (χ1) is 14.7. The lowest BCUT2D eigenvalue weighted by Crippen LogP contribution is -2.41. The highest BCUT2D eigenvalue weighted by Crippen LogP contribution is 2.43. The molecule has 1 atom stereocenters. The predicted octanol–water partition coefficient (Wildman–Crippen LogP) is 4.22. The summed E-state index contributed by atoms with van der Waals surface area (Å²) in [6.07, 6.45) is 0. The minimum absolute atomic E-state index is 0.0962. The van der Waals surface area contributed by atoms with E-state index < -0.39 is 5.97 Å². The zero-order chi connectivity index (χ0) is 20.9. The number of thioether (sulfide) groups is 1. The van der Waals surface area contributed by atoms with Crippen LogP contribution in [0.5, 0.6) is 0 Å². The monoisotopic (exact) mass is 419 g/mol. The molecule has 30 heavy (non-hydrogen) atoms. The minimum atomic E-state index is -0.566. The zero-order valence-electron chi connectivity index (χ0n) is 16.2. The molecule has 0 aliphatic carbocycles. The highest BCUT2D eigenvalue weighted by Gasteiger charge is 2.32. The van der Waals surface area contributed by atoms with Gasteiger partial charge in [0, 0.05) is 10.6 Å². The molecule has 0 fully saturated rings. The third-order valence-corrected chi connectivity index (χ3v) is 6.12. The molecule has 0 aromatic heterocycles. The van der Waals surface area contributed by atoms with Crippen molar-refractivity contribution in [3.05, 3.63) is 95.6 Å². The normalized spacial score (nSPS) is 15.4. The summed E-state index contributed by atoms with van der Waals surface area (Å²) >= 11 is 1.72. The summed E-state index contributed by atoms with van der Waals surface area (Å²) in [5.41, 5.74) is 2.92. The molecule has 152 valence electrons. The number of aliphatic hydroxyl groups excluding tert-OH is 1. The fraction of sp³-hybridized carbons (Fsp3) is 0.167. The quantitative estimate of drug-likeness (QED) is 0.628. The summed E-state index contributed by atoms with van der Waals surface area (Å²) in [6.45, 7) is -0.440. The number of hydrogen-bond donors (Lipinski definition) is 1. The van der Waals surface area contributed by atoms with Gasteiger partial charge in [0.2, 0.25) is 0 Å². The van der Waals surface area contributed by atoms with Crippen LogP contribution in [0.15, 0.2) is 83.8 Å². The Kier molecular flexibility index (Phi) is 6.16. The van der Waals surface area contributed by atoms with Crippen LogP contribution in [0.1, 0.15) is 27.5 Å². The number of ether oxygens (including phenoxy) is 1. The number of rotatable bonds is 5. The van der Waals surface area contributed by atoms with E-state index in [9.17, 15) is 9.59 Å².